The maximum absolute atomic E-state index is 11.6. The number of amides is 1. The van der Waals surface area contributed by atoms with E-state index in [1.54, 1.807) is 6.20 Å². The fourth-order valence-electron chi connectivity index (χ4n) is 1.55. The van der Waals surface area contributed by atoms with Crippen LogP contribution in [-0.2, 0) is 11.2 Å². The minimum Gasteiger partial charge on any atom is -0.356 e. The fraction of sp³-hybridized carbons (Fsp3) is 0.308. The molecule has 0 aliphatic carbocycles. The van der Waals surface area contributed by atoms with E-state index in [9.17, 15) is 4.79 Å². The highest BCUT2D eigenvalue weighted by molar-refractivity contribution is 7.13. The van der Waals surface area contributed by atoms with E-state index in [0.29, 0.717) is 19.5 Å². The second kappa shape index (κ2) is 10.5. The average molecular weight is 349 g/mol. The van der Waals surface area contributed by atoms with Crippen LogP contribution in [-0.4, -0.2) is 29.0 Å². The van der Waals surface area contributed by atoms with Crippen molar-refractivity contribution in [2.75, 3.05) is 13.1 Å². The van der Waals surface area contributed by atoms with E-state index in [1.165, 1.54) is 11.3 Å². The van der Waals surface area contributed by atoms with E-state index >= 15 is 0 Å². The van der Waals surface area contributed by atoms with Gasteiger partial charge in [-0.2, -0.15) is 0 Å². The predicted octanol–water partition coefficient (Wildman–Crippen LogP) is 2.06. The molecule has 0 fully saturated rings. The van der Waals surface area contributed by atoms with Crippen LogP contribution in [0.2, 0.25) is 0 Å². The fourth-order valence-corrected chi connectivity index (χ4v) is 2.35. The van der Waals surface area contributed by atoms with Gasteiger partial charge in [0, 0.05) is 18.1 Å². The molecule has 2 aromatic heterocycles. The molecule has 2 rings (SSSR count). The molecule has 2 aromatic rings. The minimum atomic E-state index is -0.0219. The zero-order valence-electron chi connectivity index (χ0n) is 11.3. The van der Waals surface area contributed by atoms with Gasteiger partial charge in [-0.05, 0) is 25.1 Å². The van der Waals surface area contributed by atoms with Gasteiger partial charge in [0.25, 0.3) is 0 Å². The predicted molar refractivity (Wildman–Crippen MR) is 90.2 cm³/mol. The normalized spacial score (nSPS) is 9.38. The van der Waals surface area contributed by atoms with Gasteiger partial charge in [0.15, 0.2) is 0 Å². The number of rotatable bonds is 6. The molecule has 0 aromatic carbocycles. The molecule has 2 heterocycles. The number of aromatic nitrogens is 2. The van der Waals surface area contributed by atoms with Crippen LogP contribution in [0.15, 0.2) is 29.8 Å². The highest BCUT2D eigenvalue weighted by Crippen LogP contribution is 2.21. The van der Waals surface area contributed by atoms with Crippen molar-refractivity contribution in [3.05, 3.63) is 35.5 Å². The zero-order chi connectivity index (χ0) is 13.5. The Bertz CT molecular complexity index is 536. The molecule has 8 heteroatoms. The molecule has 0 spiro atoms. The van der Waals surface area contributed by atoms with Gasteiger partial charge in [0.1, 0.15) is 5.01 Å². The Morgan fingerprint density at radius 1 is 1.33 bits per heavy atom. The third-order valence-corrected chi connectivity index (χ3v) is 3.39. The Morgan fingerprint density at radius 2 is 2.14 bits per heavy atom. The molecule has 21 heavy (non-hydrogen) atoms. The first kappa shape index (κ1) is 19.8. The molecule has 5 nitrogen and oxygen atoms in total. The summed E-state index contributed by atoms with van der Waals surface area (Å²) in [5.74, 6) is -0.0219. The average Bonchev–Trinajstić information content (AvgIpc) is 2.88. The second-order valence-corrected chi connectivity index (χ2v) is 4.89. The summed E-state index contributed by atoms with van der Waals surface area (Å²) < 4.78 is 0. The highest BCUT2D eigenvalue weighted by Gasteiger charge is 2.09. The zero-order valence-corrected chi connectivity index (χ0v) is 13.8. The lowest BCUT2D eigenvalue weighted by atomic mass is 10.3. The molecule has 116 valence electrons. The summed E-state index contributed by atoms with van der Waals surface area (Å²) in [4.78, 5) is 20.3. The number of carbonyl (C=O) groups excluding carboxylic acids is 1. The Hall–Kier alpha value is -1.21. The van der Waals surface area contributed by atoms with E-state index in [0.717, 1.165) is 22.8 Å². The molecule has 0 radical (unpaired) electrons. The Labute approximate surface area is 140 Å². The van der Waals surface area contributed by atoms with Crippen LogP contribution < -0.4 is 11.1 Å². The summed E-state index contributed by atoms with van der Waals surface area (Å²) in [7, 11) is 0. The molecular formula is C13H18Cl2N4OS. The monoisotopic (exact) mass is 348 g/mol. The number of nitrogens with zero attached hydrogens (tertiary/aromatic N) is 2. The standard InChI is InChI=1S/C13H16N4OS.2ClH/c14-5-3-7-16-12(18)8-10-9-19-13(17-10)11-4-1-2-6-15-11;;/h1-2,4,6,9H,3,5,7-8,14H2,(H,16,18);2*1H. The number of hydrogen-bond acceptors (Lipinski definition) is 5. The van der Waals surface area contributed by atoms with Crippen molar-refractivity contribution in [1.82, 2.24) is 15.3 Å². The first-order valence-corrected chi connectivity index (χ1v) is 7.00. The summed E-state index contributed by atoms with van der Waals surface area (Å²) >= 11 is 1.50. The van der Waals surface area contributed by atoms with Gasteiger partial charge in [0.2, 0.25) is 5.91 Å². The number of halogens is 2. The molecule has 0 saturated carbocycles. The third-order valence-electron chi connectivity index (χ3n) is 2.48. The van der Waals surface area contributed by atoms with E-state index < -0.39 is 0 Å². The van der Waals surface area contributed by atoms with Crippen LogP contribution >= 0.6 is 36.2 Å². The lowest BCUT2D eigenvalue weighted by molar-refractivity contribution is -0.120. The minimum absolute atomic E-state index is 0. The molecule has 0 unspecified atom stereocenters. The number of nitrogens with one attached hydrogen (secondary N) is 1. The van der Waals surface area contributed by atoms with Crippen LogP contribution in [0.5, 0.6) is 0 Å². The lowest BCUT2D eigenvalue weighted by Crippen LogP contribution is -2.27. The molecule has 3 N–H and O–H groups in total. The van der Waals surface area contributed by atoms with E-state index in [4.69, 9.17) is 5.73 Å². The van der Waals surface area contributed by atoms with Crippen LogP contribution in [0.1, 0.15) is 12.1 Å². The van der Waals surface area contributed by atoms with Crippen LogP contribution in [0.25, 0.3) is 10.7 Å². The molecule has 0 atom stereocenters. The van der Waals surface area contributed by atoms with Gasteiger partial charge in [-0.3, -0.25) is 9.78 Å². The Kier molecular flexibility index (Phi) is 9.90. The number of pyridine rings is 1. The van der Waals surface area contributed by atoms with Gasteiger partial charge in [-0.1, -0.05) is 6.07 Å². The van der Waals surface area contributed by atoms with Gasteiger partial charge in [0.05, 0.1) is 17.8 Å². The largest absolute Gasteiger partial charge is 0.356 e. The Morgan fingerprint density at radius 3 is 2.81 bits per heavy atom. The number of carbonyl (C=O) groups is 1. The van der Waals surface area contributed by atoms with Crippen LogP contribution in [0, 0.1) is 0 Å². The van der Waals surface area contributed by atoms with Crippen molar-refractivity contribution >= 4 is 42.1 Å². The quantitative estimate of drug-likeness (QED) is 0.783. The Balaban J connectivity index is 0.00000200. The summed E-state index contributed by atoms with van der Waals surface area (Å²) in [6.07, 6.45) is 2.83. The lowest BCUT2D eigenvalue weighted by Gasteiger charge is -2.01. The number of nitrogens with two attached hydrogens (primary N) is 1. The smallest absolute Gasteiger partial charge is 0.226 e. The summed E-state index contributed by atoms with van der Waals surface area (Å²) in [6.45, 7) is 1.20. The summed E-state index contributed by atoms with van der Waals surface area (Å²) in [5.41, 5.74) is 6.98. The topological polar surface area (TPSA) is 80.9 Å². The number of hydrogen-bond donors (Lipinski definition) is 2. The van der Waals surface area contributed by atoms with Crippen molar-refractivity contribution in [2.24, 2.45) is 5.73 Å². The van der Waals surface area contributed by atoms with Crippen molar-refractivity contribution in [3.8, 4) is 10.7 Å². The molecule has 0 aliphatic rings. The molecular weight excluding hydrogens is 331 g/mol. The number of thiazole rings is 1. The highest BCUT2D eigenvalue weighted by atomic mass is 35.5. The first-order valence-electron chi connectivity index (χ1n) is 6.12. The maximum Gasteiger partial charge on any atom is 0.226 e. The van der Waals surface area contributed by atoms with Crippen molar-refractivity contribution in [2.45, 2.75) is 12.8 Å². The second-order valence-electron chi connectivity index (χ2n) is 4.03. The summed E-state index contributed by atoms with van der Waals surface area (Å²) in [5, 5.41) is 5.54. The van der Waals surface area contributed by atoms with Gasteiger partial charge in [-0.25, -0.2) is 4.98 Å². The van der Waals surface area contributed by atoms with Gasteiger partial charge < -0.3 is 11.1 Å². The molecule has 0 saturated heterocycles. The first-order chi connectivity index (χ1) is 9.29. The SMILES string of the molecule is Cl.Cl.NCCCNC(=O)Cc1csc(-c2ccccn2)n1. The molecule has 1 amide bonds. The molecule has 0 aliphatic heterocycles. The van der Waals surface area contributed by atoms with Crippen LogP contribution in [0.4, 0.5) is 0 Å². The van der Waals surface area contributed by atoms with Gasteiger partial charge >= 0.3 is 0 Å². The van der Waals surface area contributed by atoms with E-state index in [-0.39, 0.29) is 30.7 Å². The third kappa shape index (κ3) is 6.39. The van der Waals surface area contributed by atoms with E-state index in [2.05, 4.69) is 15.3 Å². The molecule has 0 bridgehead atoms. The van der Waals surface area contributed by atoms with Crippen LogP contribution in [0.3, 0.4) is 0 Å². The van der Waals surface area contributed by atoms with Crippen molar-refractivity contribution in [1.29, 1.82) is 0 Å². The summed E-state index contributed by atoms with van der Waals surface area (Å²) in [6, 6.07) is 5.69. The van der Waals surface area contributed by atoms with Gasteiger partial charge in [-0.15, -0.1) is 36.2 Å². The maximum atomic E-state index is 11.6. The van der Waals surface area contributed by atoms with Crippen molar-refractivity contribution in [3.63, 3.8) is 0 Å². The van der Waals surface area contributed by atoms with Crippen molar-refractivity contribution < 1.29 is 4.79 Å². The van der Waals surface area contributed by atoms with E-state index in [1.807, 2.05) is 23.6 Å².